The number of carbonyl (C=O) groups is 2. The summed E-state index contributed by atoms with van der Waals surface area (Å²) in [4.78, 5) is 24.5. The highest BCUT2D eigenvalue weighted by Crippen LogP contribution is 2.20. The first-order chi connectivity index (χ1) is 10.5. The van der Waals surface area contributed by atoms with Crippen LogP contribution in [-0.2, 0) is 0 Å². The van der Waals surface area contributed by atoms with Gasteiger partial charge in [0.05, 0.1) is 4.91 Å². The number of allylic oxidation sites excluding steroid dienone is 2. The van der Waals surface area contributed by atoms with Crippen molar-refractivity contribution in [2.75, 3.05) is 6.26 Å². The molecule has 2 rings (SSSR count). The van der Waals surface area contributed by atoms with E-state index in [2.05, 4.69) is 0 Å². The standard InChI is InChI=1S/C17H12F2O2S/c1-22-16(17(21)12-5-3-7-14(19)9-12)10-15(20)11-4-2-6-13(18)8-11/h2-10H,1H3/b16-10-. The smallest absolute Gasteiger partial charge is 0.199 e. The SMILES string of the molecule is CS/C(=C\C(=O)c1cccc(F)c1)C(=O)c1cccc(F)c1. The molecule has 0 unspecified atom stereocenters. The molecule has 22 heavy (non-hydrogen) atoms. The van der Waals surface area contributed by atoms with E-state index in [0.717, 1.165) is 30.0 Å². The molecule has 0 N–H and O–H groups in total. The van der Waals surface area contributed by atoms with Crippen LogP contribution in [0.5, 0.6) is 0 Å². The van der Waals surface area contributed by atoms with Crippen molar-refractivity contribution in [1.29, 1.82) is 0 Å². The third-order valence-corrected chi connectivity index (χ3v) is 3.64. The first-order valence-corrected chi connectivity index (χ1v) is 7.59. The molecule has 2 aromatic rings. The van der Waals surface area contributed by atoms with E-state index in [4.69, 9.17) is 0 Å². The van der Waals surface area contributed by atoms with Crippen molar-refractivity contribution in [3.63, 3.8) is 0 Å². The van der Waals surface area contributed by atoms with Gasteiger partial charge in [0.2, 0.25) is 0 Å². The number of hydrogen-bond acceptors (Lipinski definition) is 3. The minimum absolute atomic E-state index is 0.151. The summed E-state index contributed by atoms with van der Waals surface area (Å²) >= 11 is 1.08. The first kappa shape index (κ1) is 16.1. The van der Waals surface area contributed by atoms with Crippen molar-refractivity contribution in [2.24, 2.45) is 0 Å². The van der Waals surface area contributed by atoms with E-state index in [-0.39, 0.29) is 16.0 Å². The van der Waals surface area contributed by atoms with E-state index in [1.165, 1.54) is 36.4 Å². The molecular weight excluding hydrogens is 306 g/mol. The zero-order chi connectivity index (χ0) is 16.1. The summed E-state index contributed by atoms with van der Waals surface area (Å²) in [6.07, 6.45) is 2.79. The van der Waals surface area contributed by atoms with E-state index in [1.807, 2.05) is 0 Å². The van der Waals surface area contributed by atoms with E-state index in [9.17, 15) is 18.4 Å². The second-order valence-electron chi connectivity index (χ2n) is 4.43. The summed E-state index contributed by atoms with van der Waals surface area (Å²) in [5.74, 6) is -1.98. The van der Waals surface area contributed by atoms with Gasteiger partial charge in [0.25, 0.3) is 0 Å². The maximum absolute atomic E-state index is 13.2. The van der Waals surface area contributed by atoms with Crippen LogP contribution in [0.15, 0.2) is 59.5 Å². The minimum atomic E-state index is -0.526. The van der Waals surface area contributed by atoms with Crippen LogP contribution in [0.3, 0.4) is 0 Å². The molecule has 112 valence electrons. The lowest BCUT2D eigenvalue weighted by Crippen LogP contribution is -2.05. The fourth-order valence-corrected chi connectivity index (χ4v) is 2.36. The lowest BCUT2D eigenvalue weighted by Gasteiger charge is -2.04. The van der Waals surface area contributed by atoms with Crippen LogP contribution in [0, 0.1) is 11.6 Å². The number of carbonyl (C=O) groups excluding carboxylic acids is 2. The molecule has 0 aromatic heterocycles. The molecule has 0 radical (unpaired) electrons. The number of halogens is 2. The molecule has 0 aliphatic heterocycles. The van der Waals surface area contributed by atoms with Gasteiger partial charge >= 0.3 is 0 Å². The normalized spacial score (nSPS) is 11.3. The Labute approximate surface area is 130 Å². The fourth-order valence-electron chi connectivity index (χ4n) is 1.83. The number of ketones is 2. The molecule has 0 spiro atoms. The molecule has 0 fully saturated rings. The molecule has 0 aliphatic rings. The van der Waals surface area contributed by atoms with Crippen LogP contribution in [0.4, 0.5) is 8.78 Å². The third-order valence-electron chi connectivity index (χ3n) is 2.90. The van der Waals surface area contributed by atoms with Gasteiger partial charge in [0.15, 0.2) is 11.6 Å². The Morgan fingerprint density at radius 3 is 2.05 bits per heavy atom. The Kier molecular flexibility index (Phi) is 5.22. The van der Waals surface area contributed by atoms with Crippen LogP contribution in [-0.4, -0.2) is 17.8 Å². The maximum atomic E-state index is 13.2. The predicted molar refractivity (Wildman–Crippen MR) is 83.1 cm³/mol. The topological polar surface area (TPSA) is 34.1 Å². The Balaban J connectivity index is 2.31. The van der Waals surface area contributed by atoms with Crippen molar-refractivity contribution >= 4 is 23.3 Å². The highest BCUT2D eigenvalue weighted by Gasteiger charge is 2.15. The van der Waals surface area contributed by atoms with Crippen LogP contribution in [0.1, 0.15) is 20.7 Å². The van der Waals surface area contributed by atoms with Gasteiger partial charge in [-0.15, -0.1) is 11.8 Å². The number of thioether (sulfide) groups is 1. The predicted octanol–water partition coefficient (Wildman–Crippen LogP) is 4.28. The van der Waals surface area contributed by atoms with Crippen LogP contribution in [0.2, 0.25) is 0 Å². The number of rotatable bonds is 5. The lowest BCUT2D eigenvalue weighted by atomic mass is 10.1. The Bertz CT molecular complexity index is 754. The molecule has 0 atom stereocenters. The summed E-state index contributed by atoms with van der Waals surface area (Å²) in [6.45, 7) is 0. The first-order valence-electron chi connectivity index (χ1n) is 6.37. The second-order valence-corrected chi connectivity index (χ2v) is 5.27. The van der Waals surface area contributed by atoms with Gasteiger partial charge in [-0.25, -0.2) is 8.78 Å². The van der Waals surface area contributed by atoms with Crippen molar-refractivity contribution in [2.45, 2.75) is 0 Å². The summed E-state index contributed by atoms with van der Waals surface area (Å²) in [7, 11) is 0. The molecule has 2 nitrogen and oxygen atoms in total. The van der Waals surface area contributed by atoms with E-state index in [1.54, 1.807) is 6.26 Å². The van der Waals surface area contributed by atoms with Gasteiger partial charge in [-0.2, -0.15) is 0 Å². The Morgan fingerprint density at radius 2 is 1.50 bits per heavy atom. The number of Topliss-reactive ketones (excluding diaryl/α,β-unsaturated/α-hetero) is 1. The fraction of sp³-hybridized carbons (Fsp3) is 0.0588. The monoisotopic (exact) mass is 318 g/mol. The third kappa shape index (κ3) is 3.89. The number of benzene rings is 2. The van der Waals surface area contributed by atoms with Crippen LogP contribution in [0.25, 0.3) is 0 Å². The Hall–Kier alpha value is -2.27. The highest BCUT2D eigenvalue weighted by molar-refractivity contribution is 8.03. The van der Waals surface area contributed by atoms with Crippen molar-refractivity contribution in [3.05, 3.63) is 82.3 Å². The van der Waals surface area contributed by atoms with Crippen LogP contribution >= 0.6 is 11.8 Å². The maximum Gasteiger partial charge on any atom is 0.199 e. The molecule has 0 amide bonds. The zero-order valence-corrected chi connectivity index (χ0v) is 12.5. The van der Waals surface area contributed by atoms with Crippen molar-refractivity contribution in [3.8, 4) is 0 Å². The molecule has 2 aromatic carbocycles. The van der Waals surface area contributed by atoms with Gasteiger partial charge < -0.3 is 0 Å². The minimum Gasteiger partial charge on any atom is -0.289 e. The van der Waals surface area contributed by atoms with Gasteiger partial charge in [0.1, 0.15) is 11.6 Å². The van der Waals surface area contributed by atoms with E-state index >= 15 is 0 Å². The molecule has 0 bridgehead atoms. The molecule has 0 aliphatic carbocycles. The molecule has 0 heterocycles. The lowest BCUT2D eigenvalue weighted by molar-refractivity contribution is 0.101. The summed E-state index contributed by atoms with van der Waals surface area (Å²) in [5, 5.41) is 0. The highest BCUT2D eigenvalue weighted by atomic mass is 32.2. The molecular formula is C17H12F2O2S. The average Bonchev–Trinajstić information content (AvgIpc) is 2.51. The van der Waals surface area contributed by atoms with Gasteiger partial charge in [-0.1, -0.05) is 24.3 Å². The number of hydrogen-bond donors (Lipinski definition) is 0. The van der Waals surface area contributed by atoms with E-state index < -0.39 is 23.2 Å². The van der Waals surface area contributed by atoms with Crippen molar-refractivity contribution < 1.29 is 18.4 Å². The quantitative estimate of drug-likeness (QED) is 0.609. The molecule has 0 saturated heterocycles. The van der Waals surface area contributed by atoms with Gasteiger partial charge in [-0.05, 0) is 30.5 Å². The van der Waals surface area contributed by atoms with Gasteiger partial charge in [0, 0.05) is 17.2 Å². The summed E-state index contributed by atoms with van der Waals surface area (Å²) in [6, 6.07) is 10.5. The van der Waals surface area contributed by atoms with Crippen molar-refractivity contribution in [1.82, 2.24) is 0 Å². The summed E-state index contributed by atoms with van der Waals surface area (Å²) in [5.41, 5.74) is 0.311. The van der Waals surface area contributed by atoms with Crippen LogP contribution < -0.4 is 0 Å². The largest absolute Gasteiger partial charge is 0.289 e. The zero-order valence-electron chi connectivity index (χ0n) is 11.7. The molecule has 0 saturated carbocycles. The van der Waals surface area contributed by atoms with Gasteiger partial charge in [-0.3, -0.25) is 9.59 Å². The molecule has 5 heteroatoms. The van der Waals surface area contributed by atoms with E-state index in [0.29, 0.717) is 0 Å². The summed E-state index contributed by atoms with van der Waals surface area (Å²) < 4.78 is 26.3. The second kappa shape index (κ2) is 7.13. The average molecular weight is 318 g/mol. The Morgan fingerprint density at radius 1 is 0.955 bits per heavy atom.